The molecule has 0 saturated carbocycles. The second kappa shape index (κ2) is 6.55. The Bertz CT molecular complexity index is 468. The smallest absolute Gasteiger partial charge is 0.211 e. The largest absolute Gasteiger partial charge is 0.226 e. The van der Waals surface area contributed by atoms with E-state index in [9.17, 15) is 8.42 Å². The van der Waals surface area contributed by atoms with Crippen LogP contribution in [0, 0.1) is 5.92 Å². The summed E-state index contributed by atoms with van der Waals surface area (Å²) in [4.78, 5) is 0. The molecular weight excluding hydrogens is 270 g/mol. The van der Waals surface area contributed by atoms with Crippen LogP contribution >= 0.6 is 11.6 Å². The van der Waals surface area contributed by atoms with Crippen molar-refractivity contribution in [2.24, 2.45) is 5.92 Å². The predicted molar refractivity (Wildman–Crippen MR) is 76.2 cm³/mol. The molecule has 0 aliphatic carbocycles. The Morgan fingerprint density at radius 1 is 1.22 bits per heavy atom. The maximum atomic E-state index is 11.6. The van der Waals surface area contributed by atoms with Gasteiger partial charge in [0, 0.05) is 6.04 Å². The number of nitrogens with one attached hydrogen (secondary N) is 1. The molecule has 0 heterocycles. The first-order valence-electron chi connectivity index (χ1n) is 6.04. The van der Waals surface area contributed by atoms with Crippen LogP contribution in [0.25, 0.3) is 0 Å². The zero-order valence-electron chi connectivity index (χ0n) is 11.0. The van der Waals surface area contributed by atoms with Crippen molar-refractivity contribution in [1.29, 1.82) is 0 Å². The van der Waals surface area contributed by atoms with Gasteiger partial charge in [0.1, 0.15) is 5.21 Å². The normalized spacial score (nSPS) is 13.8. The highest BCUT2D eigenvalue weighted by Gasteiger charge is 2.21. The van der Waals surface area contributed by atoms with Crippen LogP contribution in [0.1, 0.15) is 37.9 Å². The van der Waals surface area contributed by atoms with Crippen molar-refractivity contribution in [1.82, 2.24) is 4.72 Å². The van der Waals surface area contributed by atoms with E-state index in [0.717, 1.165) is 12.0 Å². The molecule has 18 heavy (non-hydrogen) atoms. The highest BCUT2D eigenvalue weighted by atomic mass is 35.5. The summed E-state index contributed by atoms with van der Waals surface area (Å²) in [6.07, 6.45) is 0.972. The van der Waals surface area contributed by atoms with Crippen molar-refractivity contribution in [2.75, 3.05) is 5.21 Å². The fourth-order valence-corrected chi connectivity index (χ4v) is 2.82. The van der Waals surface area contributed by atoms with Crippen molar-refractivity contribution in [3.63, 3.8) is 0 Å². The molecule has 0 bridgehead atoms. The van der Waals surface area contributed by atoms with Crippen LogP contribution in [0.5, 0.6) is 0 Å². The number of alkyl halides is 1. The Balaban J connectivity index is 2.97. The van der Waals surface area contributed by atoms with Crippen molar-refractivity contribution in [2.45, 2.75) is 33.2 Å². The van der Waals surface area contributed by atoms with Crippen LogP contribution in [0.2, 0.25) is 0 Å². The van der Waals surface area contributed by atoms with Gasteiger partial charge in [-0.2, -0.15) is 0 Å². The number of sulfonamides is 1. The molecule has 0 spiro atoms. The van der Waals surface area contributed by atoms with Crippen LogP contribution in [-0.2, 0) is 16.4 Å². The van der Waals surface area contributed by atoms with Crippen molar-refractivity contribution < 1.29 is 8.42 Å². The number of rotatable bonds is 6. The lowest BCUT2D eigenvalue weighted by molar-refractivity contribution is 0.464. The number of benzene rings is 1. The van der Waals surface area contributed by atoms with E-state index in [-0.39, 0.29) is 12.0 Å². The third-order valence-corrected chi connectivity index (χ3v) is 4.63. The monoisotopic (exact) mass is 289 g/mol. The van der Waals surface area contributed by atoms with Gasteiger partial charge in [-0.25, -0.2) is 13.1 Å². The molecule has 0 radical (unpaired) electrons. The van der Waals surface area contributed by atoms with E-state index in [2.05, 4.69) is 11.6 Å². The topological polar surface area (TPSA) is 46.2 Å². The zero-order valence-corrected chi connectivity index (χ0v) is 12.6. The average molecular weight is 290 g/mol. The molecule has 1 aromatic rings. The SMILES string of the molecule is CCc1ccc(C(NS(=O)(=O)CCl)C(C)C)cc1. The first kappa shape index (κ1) is 15.5. The number of hydrogen-bond acceptors (Lipinski definition) is 2. The molecule has 1 atom stereocenters. The lowest BCUT2D eigenvalue weighted by Crippen LogP contribution is -2.32. The van der Waals surface area contributed by atoms with Gasteiger partial charge in [0.05, 0.1) is 0 Å². The van der Waals surface area contributed by atoms with Crippen molar-refractivity contribution in [3.8, 4) is 0 Å². The molecule has 1 rings (SSSR count). The fraction of sp³-hybridized carbons (Fsp3) is 0.538. The number of halogens is 1. The van der Waals surface area contributed by atoms with Gasteiger partial charge in [-0.05, 0) is 23.5 Å². The molecule has 1 aromatic carbocycles. The maximum absolute atomic E-state index is 11.6. The Morgan fingerprint density at radius 2 is 1.78 bits per heavy atom. The predicted octanol–water partition coefficient (Wildman–Crippen LogP) is 3.06. The number of hydrogen-bond donors (Lipinski definition) is 1. The van der Waals surface area contributed by atoms with E-state index in [1.807, 2.05) is 38.1 Å². The lowest BCUT2D eigenvalue weighted by Gasteiger charge is -2.22. The molecule has 0 saturated heterocycles. The third kappa shape index (κ3) is 4.26. The minimum absolute atomic E-state index is 0.162. The van der Waals surface area contributed by atoms with E-state index < -0.39 is 15.2 Å². The van der Waals surface area contributed by atoms with E-state index in [4.69, 9.17) is 11.6 Å². The van der Waals surface area contributed by atoms with Gasteiger partial charge >= 0.3 is 0 Å². The lowest BCUT2D eigenvalue weighted by atomic mass is 9.96. The summed E-state index contributed by atoms with van der Waals surface area (Å²) in [5, 5.41) is -0.413. The van der Waals surface area contributed by atoms with Crippen LogP contribution in [0.3, 0.4) is 0 Å². The van der Waals surface area contributed by atoms with E-state index in [1.165, 1.54) is 5.56 Å². The Kier molecular flexibility index (Phi) is 5.63. The molecule has 1 N–H and O–H groups in total. The molecule has 0 amide bonds. The van der Waals surface area contributed by atoms with E-state index in [0.29, 0.717) is 0 Å². The Hall–Kier alpha value is -0.580. The first-order valence-corrected chi connectivity index (χ1v) is 8.23. The van der Waals surface area contributed by atoms with Gasteiger partial charge < -0.3 is 0 Å². The number of aryl methyl sites for hydroxylation is 1. The average Bonchev–Trinajstić information content (AvgIpc) is 2.36. The molecule has 0 aromatic heterocycles. The molecule has 1 unspecified atom stereocenters. The molecule has 0 aliphatic rings. The Labute approximate surface area is 115 Å². The summed E-state index contributed by atoms with van der Waals surface area (Å²) < 4.78 is 25.8. The van der Waals surface area contributed by atoms with Gasteiger partial charge in [-0.1, -0.05) is 45.0 Å². The molecule has 0 fully saturated rings. The van der Waals surface area contributed by atoms with E-state index >= 15 is 0 Å². The van der Waals surface area contributed by atoms with Gasteiger partial charge in [0.2, 0.25) is 10.0 Å². The molecule has 0 aliphatic heterocycles. The summed E-state index contributed by atoms with van der Waals surface area (Å²) in [5.41, 5.74) is 2.21. The summed E-state index contributed by atoms with van der Waals surface area (Å²) in [5.74, 6) is 0.162. The molecule has 5 heteroatoms. The summed E-state index contributed by atoms with van der Waals surface area (Å²) >= 11 is 5.43. The summed E-state index contributed by atoms with van der Waals surface area (Å²) in [6.45, 7) is 6.05. The van der Waals surface area contributed by atoms with Crippen LogP contribution in [0.15, 0.2) is 24.3 Å². The summed E-state index contributed by atoms with van der Waals surface area (Å²) in [7, 11) is -3.41. The minimum Gasteiger partial charge on any atom is -0.211 e. The zero-order chi connectivity index (χ0) is 13.8. The van der Waals surface area contributed by atoms with Crippen LogP contribution in [-0.4, -0.2) is 13.6 Å². The van der Waals surface area contributed by atoms with Gasteiger partial charge in [-0.3, -0.25) is 0 Å². The van der Waals surface area contributed by atoms with E-state index in [1.54, 1.807) is 0 Å². The van der Waals surface area contributed by atoms with Crippen LogP contribution in [0.4, 0.5) is 0 Å². The van der Waals surface area contributed by atoms with Crippen molar-refractivity contribution in [3.05, 3.63) is 35.4 Å². The quantitative estimate of drug-likeness (QED) is 0.818. The minimum atomic E-state index is -3.41. The molecule has 3 nitrogen and oxygen atoms in total. The second-order valence-electron chi connectivity index (χ2n) is 4.66. The van der Waals surface area contributed by atoms with Crippen molar-refractivity contribution >= 4 is 21.6 Å². The molecular formula is C13H20ClNO2S. The maximum Gasteiger partial charge on any atom is 0.226 e. The van der Waals surface area contributed by atoms with Gasteiger partial charge in [0.15, 0.2) is 0 Å². The fourth-order valence-electron chi connectivity index (χ4n) is 1.77. The molecule has 102 valence electrons. The standard InChI is InChI=1S/C13H20ClNO2S/c1-4-11-5-7-12(8-6-11)13(10(2)3)15-18(16,17)9-14/h5-8,10,13,15H,4,9H2,1-3H3. The first-order chi connectivity index (χ1) is 8.39. The van der Waals surface area contributed by atoms with Gasteiger partial charge in [-0.15, -0.1) is 11.6 Å². The van der Waals surface area contributed by atoms with Gasteiger partial charge in [0.25, 0.3) is 0 Å². The second-order valence-corrected chi connectivity index (χ2v) is 7.00. The highest BCUT2D eigenvalue weighted by molar-refractivity contribution is 7.90. The van der Waals surface area contributed by atoms with Crippen LogP contribution < -0.4 is 4.72 Å². The highest BCUT2D eigenvalue weighted by Crippen LogP contribution is 2.23. The third-order valence-electron chi connectivity index (χ3n) is 2.86. The summed E-state index contributed by atoms with van der Waals surface area (Å²) in [6, 6.07) is 7.76. The Morgan fingerprint density at radius 3 is 2.17 bits per heavy atom.